The lowest BCUT2D eigenvalue weighted by atomic mass is 10.1. The molecule has 3 rings (SSSR count). The molecule has 2 heterocycles. The van der Waals surface area contributed by atoms with Crippen molar-refractivity contribution in [2.45, 2.75) is 24.9 Å². The smallest absolute Gasteiger partial charge is 0.325 e. The van der Waals surface area contributed by atoms with E-state index in [2.05, 4.69) is 16.9 Å². The van der Waals surface area contributed by atoms with E-state index in [1.54, 1.807) is 18.0 Å². The summed E-state index contributed by atoms with van der Waals surface area (Å²) in [7, 11) is 3.47. The average Bonchev–Trinajstić information content (AvgIpc) is 3.07. The van der Waals surface area contributed by atoms with Crippen LogP contribution in [0.5, 0.6) is 0 Å². The predicted molar refractivity (Wildman–Crippen MR) is 108 cm³/mol. The zero-order chi connectivity index (χ0) is 21.0. The van der Waals surface area contributed by atoms with Crippen molar-refractivity contribution >= 4 is 17.9 Å². The van der Waals surface area contributed by atoms with Crippen molar-refractivity contribution in [2.75, 3.05) is 33.9 Å². The van der Waals surface area contributed by atoms with Crippen LogP contribution in [0.1, 0.15) is 5.56 Å². The van der Waals surface area contributed by atoms with Gasteiger partial charge in [-0.25, -0.2) is 9.79 Å². The van der Waals surface area contributed by atoms with Crippen LogP contribution in [0.25, 0.3) is 0 Å². The average molecular weight is 401 g/mol. The van der Waals surface area contributed by atoms with Crippen LogP contribution in [0.2, 0.25) is 0 Å². The number of likely N-dealkylation sites (N-methyl/N-ethyl adjacent to an activating group) is 1. The molecule has 0 saturated carbocycles. The SMILES string of the molecule is C=CCOCC(O)CN1C(N(C)Cc2ccccc2)=NC2C1C(=O)NC(=O)N2C. The Balaban J connectivity index is 1.82. The van der Waals surface area contributed by atoms with Crippen LogP contribution >= 0.6 is 0 Å². The molecule has 0 bridgehead atoms. The minimum atomic E-state index is -0.834. The molecule has 2 aliphatic rings. The Morgan fingerprint density at radius 2 is 2.10 bits per heavy atom. The first kappa shape index (κ1) is 20.8. The first-order valence-corrected chi connectivity index (χ1v) is 9.46. The molecule has 0 radical (unpaired) electrons. The highest BCUT2D eigenvalue weighted by Crippen LogP contribution is 2.26. The molecule has 156 valence electrons. The molecule has 29 heavy (non-hydrogen) atoms. The van der Waals surface area contributed by atoms with Crippen molar-refractivity contribution < 1.29 is 19.4 Å². The number of carbonyl (C=O) groups excluding carboxylic acids is 2. The van der Waals surface area contributed by atoms with Gasteiger partial charge in [-0.15, -0.1) is 6.58 Å². The van der Waals surface area contributed by atoms with Crippen molar-refractivity contribution in [2.24, 2.45) is 4.99 Å². The molecule has 3 unspecified atom stereocenters. The van der Waals surface area contributed by atoms with E-state index in [-0.39, 0.29) is 13.2 Å². The van der Waals surface area contributed by atoms with E-state index in [4.69, 9.17) is 4.74 Å². The molecule has 2 N–H and O–H groups in total. The number of aliphatic hydroxyl groups excluding tert-OH is 1. The van der Waals surface area contributed by atoms with Crippen LogP contribution in [0.3, 0.4) is 0 Å². The summed E-state index contributed by atoms with van der Waals surface area (Å²) in [5.41, 5.74) is 1.08. The van der Waals surface area contributed by atoms with Crippen LogP contribution in [-0.4, -0.2) is 89.9 Å². The Labute approximate surface area is 170 Å². The number of aliphatic hydroxyl groups is 1. The number of ether oxygens (including phenoxy) is 1. The van der Waals surface area contributed by atoms with Crippen LogP contribution in [0.4, 0.5) is 4.79 Å². The monoisotopic (exact) mass is 401 g/mol. The van der Waals surface area contributed by atoms with Crippen LogP contribution in [0, 0.1) is 0 Å². The van der Waals surface area contributed by atoms with Crippen molar-refractivity contribution in [3.8, 4) is 0 Å². The number of imide groups is 1. The molecule has 9 nitrogen and oxygen atoms in total. The largest absolute Gasteiger partial charge is 0.389 e. The van der Waals surface area contributed by atoms with Gasteiger partial charge >= 0.3 is 6.03 Å². The zero-order valence-electron chi connectivity index (χ0n) is 16.7. The summed E-state index contributed by atoms with van der Waals surface area (Å²) >= 11 is 0. The second kappa shape index (κ2) is 9.06. The Morgan fingerprint density at radius 3 is 2.79 bits per heavy atom. The third-order valence-corrected chi connectivity index (χ3v) is 4.90. The van der Waals surface area contributed by atoms with Gasteiger partial charge in [-0.3, -0.25) is 10.1 Å². The Bertz CT molecular complexity index is 784. The number of hydrogen-bond acceptors (Lipinski definition) is 7. The number of nitrogens with one attached hydrogen (secondary N) is 1. The number of rotatable bonds is 8. The van der Waals surface area contributed by atoms with Crippen LogP contribution in [0.15, 0.2) is 48.0 Å². The van der Waals surface area contributed by atoms with Crippen molar-refractivity contribution in [1.29, 1.82) is 0 Å². The van der Waals surface area contributed by atoms with Gasteiger partial charge in [0.1, 0.15) is 0 Å². The Morgan fingerprint density at radius 1 is 1.38 bits per heavy atom. The maximum Gasteiger partial charge on any atom is 0.325 e. The minimum Gasteiger partial charge on any atom is -0.389 e. The lowest BCUT2D eigenvalue weighted by molar-refractivity contribution is -0.127. The van der Waals surface area contributed by atoms with Crippen molar-refractivity contribution in [3.63, 3.8) is 0 Å². The standard InChI is InChI=1S/C20H27N5O4/c1-4-10-29-13-15(26)12-25-16-17(24(3)20(28)22-18(16)27)21-19(25)23(2)11-14-8-6-5-7-9-14/h4-9,15-17,26H,1,10-13H2,2-3H3,(H,22,27,28). The molecule has 9 heteroatoms. The second-order valence-electron chi connectivity index (χ2n) is 7.17. The number of carbonyl (C=O) groups is 2. The van der Waals surface area contributed by atoms with E-state index < -0.39 is 30.2 Å². The molecule has 2 aliphatic heterocycles. The van der Waals surface area contributed by atoms with Gasteiger partial charge in [-0.1, -0.05) is 36.4 Å². The topological polar surface area (TPSA) is 97.7 Å². The number of guanidine groups is 1. The first-order valence-electron chi connectivity index (χ1n) is 9.46. The van der Waals surface area contributed by atoms with Gasteiger partial charge in [0.2, 0.25) is 0 Å². The molecular weight excluding hydrogens is 374 g/mol. The number of amides is 3. The van der Waals surface area contributed by atoms with Crippen molar-refractivity contribution in [3.05, 3.63) is 48.6 Å². The van der Waals surface area contributed by atoms with Gasteiger partial charge < -0.3 is 24.5 Å². The molecule has 3 amide bonds. The fourth-order valence-electron chi connectivity index (χ4n) is 3.52. The number of urea groups is 1. The molecule has 0 spiro atoms. The Hall–Kier alpha value is -2.91. The third kappa shape index (κ3) is 4.57. The molecule has 0 aromatic heterocycles. The third-order valence-electron chi connectivity index (χ3n) is 4.90. The molecule has 1 aromatic rings. The van der Waals surface area contributed by atoms with Crippen molar-refractivity contribution in [1.82, 2.24) is 20.0 Å². The van der Waals surface area contributed by atoms with Gasteiger partial charge in [-0.05, 0) is 5.56 Å². The first-order chi connectivity index (χ1) is 13.9. The predicted octanol–water partition coefficient (Wildman–Crippen LogP) is 0.230. The van der Waals surface area contributed by atoms with E-state index in [9.17, 15) is 14.7 Å². The summed E-state index contributed by atoms with van der Waals surface area (Å²) < 4.78 is 5.33. The molecule has 1 fully saturated rings. The van der Waals surface area contributed by atoms with Gasteiger partial charge in [-0.2, -0.15) is 0 Å². The number of nitrogens with zero attached hydrogens (tertiary/aromatic N) is 4. The lowest BCUT2D eigenvalue weighted by Crippen LogP contribution is -2.64. The molecule has 3 atom stereocenters. The van der Waals surface area contributed by atoms with Gasteiger partial charge in [0.15, 0.2) is 18.2 Å². The van der Waals surface area contributed by atoms with E-state index in [1.165, 1.54) is 4.90 Å². The maximum atomic E-state index is 12.6. The summed E-state index contributed by atoms with van der Waals surface area (Å²) in [6.07, 6.45) is 0.124. The zero-order valence-corrected chi connectivity index (χ0v) is 16.7. The summed E-state index contributed by atoms with van der Waals surface area (Å²) in [5.74, 6) is 0.118. The van der Waals surface area contributed by atoms with Gasteiger partial charge in [0.05, 0.1) is 19.3 Å². The van der Waals surface area contributed by atoms with Gasteiger partial charge in [0, 0.05) is 27.2 Å². The fraction of sp³-hybridized carbons (Fsp3) is 0.450. The number of β-amino-alcohol motifs (C(OH)–C–C–N with tert-alkyl or cyclic N) is 1. The normalized spacial score (nSPS) is 22.1. The van der Waals surface area contributed by atoms with Crippen LogP contribution < -0.4 is 5.32 Å². The quantitative estimate of drug-likeness (QED) is 0.478. The van der Waals surface area contributed by atoms with E-state index in [0.29, 0.717) is 19.1 Å². The maximum absolute atomic E-state index is 12.6. The summed E-state index contributed by atoms with van der Waals surface area (Å²) in [5, 5.41) is 12.8. The number of aliphatic imine (C=N–C) groups is 1. The summed E-state index contributed by atoms with van der Waals surface area (Å²) in [4.78, 5) is 34.4. The molecular formula is C20H27N5O4. The number of hydrogen-bond donors (Lipinski definition) is 2. The Kier molecular flexibility index (Phi) is 6.50. The fourth-order valence-corrected chi connectivity index (χ4v) is 3.52. The molecule has 1 aromatic carbocycles. The van der Waals surface area contributed by atoms with Gasteiger partial charge in [0.25, 0.3) is 5.91 Å². The molecule has 1 saturated heterocycles. The minimum absolute atomic E-state index is 0.103. The van der Waals surface area contributed by atoms with E-state index in [1.807, 2.05) is 42.3 Å². The van der Waals surface area contributed by atoms with Crippen LogP contribution in [-0.2, 0) is 16.1 Å². The summed E-state index contributed by atoms with van der Waals surface area (Å²) in [6.45, 7) is 4.73. The van der Waals surface area contributed by atoms with E-state index >= 15 is 0 Å². The molecule has 0 aliphatic carbocycles. The highest BCUT2D eigenvalue weighted by atomic mass is 16.5. The highest BCUT2D eigenvalue weighted by Gasteiger charge is 2.49. The number of benzene rings is 1. The highest BCUT2D eigenvalue weighted by molar-refractivity contribution is 6.03. The number of fused-ring (bicyclic) bond motifs is 1. The second-order valence-corrected chi connectivity index (χ2v) is 7.17. The summed E-state index contributed by atoms with van der Waals surface area (Å²) in [6, 6.07) is 8.67. The lowest BCUT2D eigenvalue weighted by Gasteiger charge is -2.37. The van der Waals surface area contributed by atoms with E-state index in [0.717, 1.165) is 5.56 Å².